The molecule has 0 aromatic carbocycles. The van der Waals surface area contributed by atoms with Gasteiger partial charge >= 0.3 is 0 Å². The summed E-state index contributed by atoms with van der Waals surface area (Å²) in [6, 6.07) is 0. The molecule has 1 aliphatic heterocycles. The zero-order chi connectivity index (χ0) is 13.1. The second kappa shape index (κ2) is 4.23. The van der Waals surface area contributed by atoms with Crippen LogP contribution >= 0.6 is 0 Å². The quantitative estimate of drug-likeness (QED) is 0.617. The predicted molar refractivity (Wildman–Crippen MR) is 77.9 cm³/mol. The monoisotopic (exact) mass is 262 g/mol. The summed E-state index contributed by atoms with van der Waals surface area (Å²) >= 11 is 0. The normalized spacial score (nSPS) is 57.2. The van der Waals surface area contributed by atoms with E-state index < -0.39 is 0 Å². The van der Waals surface area contributed by atoms with Crippen molar-refractivity contribution in [2.75, 3.05) is 13.2 Å². The van der Waals surface area contributed by atoms with Crippen molar-refractivity contribution in [2.45, 2.75) is 65.2 Å². The van der Waals surface area contributed by atoms with Gasteiger partial charge in [0.15, 0.2) is 0 Å². The average Bonchev–Trinajstić information content (AvgIpc) is 2.79. The predicted octanol–water partition coefficient (Wildman–Crippen LogP) is 4.66. The minimum absolute atomic E-state index is 0.519. The summed E-state index contributed by atoms with van der Waals surface area (Å²) in [5, 5.41) is 0. The van der Waals surface area contributed by atoms with Gasteiger partial charge in [-0.05, 0) is 79.4 Å². The van der Waals surface area contributed by atoms with E-state index in [-0.39, 0.29) is 0 Å². The summed E-state index contributed by atoms with van der Waals surface area (Å²) in [6.07, 6.45) is 11.9. The van der Waals surface area contributed by atoms with Crippen molar-refractivity contribution in [1.29, 1.82) is 0 Å². The van der Waals surface area contributed by atoms with Crippen LogP contribution in [0.4, 0.5) is 0 Å². The SMILES string of the molecule is C[C@@]12CCC[C@H]1[C@@H]1CC[C@H]3CCOC[C@]3(C)[C@H]1CC2. The molecule has 4 fully saturated rings. The molecule has 0 amide bonds. The van der Waals surface area contributed by atoms with Crippen LogP contribution in [-0.2, 0) is 4.74 Å². The Morgan fingerprint density at radius 2 is 1.79 bits per heavy atom. The number of ether oxygens (including phenoxy) is 1. The fraction of sp³-hybridized carbons (Fsp3) is 1.00. The van der Waals surface area contributed by atoms with Crippen molar-refractivity contribution in [2.24, 2.45) is 34.5 Å². The van der Waals surface area contributed by atoms with Crippen LogP contribution < -0.4 is 0 Å². The Kier molecular flexibility index (Phi) is 2.82. The standard InChI is InChI=1S/C18H30O/c1-17-9-3-4-15(17)14-6-5-13-8-11-19-12-18(13,2)16(14)7-10-17/h13-16H,3-12H2,1-2H3/t13-,14-,15-,16-,17-,18-/m0/s1. The summed E-state index contributed by atoms with van der Waals surface area (Å²) in [4.78, 5) is 0. The second-order valence-electron chi connectivity index (χ2n) is 8.58. The molecular weight excluding hydrogens is 232 g/mol. The molecule has 4 rings (SSSR count). The van der Waals surface area contributed by atoms with E-state index in [0.717, 1.165) is 36.9 Å². The Morgan fingerprint density at radius 3 is 2.68 bits per heavy atom. The molecule has 0 spiro atoms. The van der Waals surface area contributed by atoms with E-state index in [2.05, 4.69) is 13.8 Å². The summed E-state index contributed by atoms with van der Waals surface area (Å²) in [7, 11) is 0. The van der Waals surface area contributed by atoms with Gasteiger partial charge < -0.3 is 4.74 Å². The summed E-state index contributed by atoms with van der Waals surface area (Å²) in [5.74, 6) is 4.02. The molecule has 1 nitrogen and oxygen atoms in total. The maximum absolute atomic E-state index is 5.93. The average molecular weight is 262 g/mol. The van der Waals surface area contributed by atoms with Crippen LogP contribution in [0.1, 0.15) is 65.2 Å². The van der Waals surface area contributed by atoms with Gasteiger partial charge in [0.1, 0.15) is 0 Å². The topological polar surface area (TPSA) is 9.23 Å². The maximum atomic E-state index is 5.93. The molecule has 1 saturated heterocycles. The van der Waals surface area contributed by atoms with E-state index in [1.165, 1.54) is 51.4 Å². The molecule has 6 atom stereocenters. The highest BCUT2D eigenvalue weighted by molar-refractivity contribution is 5.06. The van der Waals surface area contributed by atoms with Crippen LogP contribution in [0.3, 0.4) is 0 Å². The van der Waals surface area contributed by atoms with Gasteiger partial charge in [0, 0.05) is 6.61 Å². The molecule has 0 bridgehead atoms. The second-order valence-corrected chi connectivity index (χ2v) is 8.58. The van der Waals surface area contributed by atoms with Crippen molar-refractivity contribution in [3.8, 4) is 0 Å². The molecule has 1 heterocycles. The minimum atomic E-state index is 0.519. The lowest BCUT2D eigenvalue weighted by Crippen LogP contribution is -2.54. The molecule has 3 aliphatic carbocycles. The summed E-state index contributed by atoms with van der Waals surface area (Å²) < 4.78 is 5.93. The lowest BCUT2D eigenvalue weighted by molar-refractivity contribution is -0.150. The molecule has 0 N–H and O–H groups in total. The molecule has 0 unspecified atom stereocenters. The van der Waals surface area contributed by atoms with E-state index >= 15 is 0 Å². The summed E-state index contributed by atoms with van der Waals surface area (Å²) in [5.41, 5.74) is 1.23. The molecule has 0 aromatic heterocycles. The maximum Gasteiger partial charge on any atom is 0.0525 e. The molecule has 0 aromatic rings. The third kappa shape index (κ3) is 1.69. The van der Waals surface area contributed by atoms with Gasteiger partial charge in [-0.3, -0.25) is 0 Å². The highest BCUT2D eigenvalue weighted by Crippen LogP contribution is 2.64. The zero-order valence-electron chi connectivity index (χ0n) is 12.8. The van der Waals surface area contributed by atoms with Gasteiger partial charge in [-0.25, -0.2) is 0 Å². The molecular formula is C18H30O. The first-order valence-corrected chi connectivity index (χ1v) is 8.71. The Bertz CT molecular complexity index is 365. The van der Waals surface area contributed by atoms with Crippen LogP contribution in [-0.4, -0.2) is 13.2 Å². The molecule has 108 valence electrons. The Morgan fingerprint density at radius 1 is 0.895 bits per heavy atom. The highest BCUT2D eigenvalue weighted by Gasteiger charge is 2.57. The number of fused-ring (bicyclic) bond motifs is 5. The minimum Gasteiger partial charge on any atom is -0.381 e. The number of hydrogen-bond donors (Lipinski definition) is 0. The van der Waals surface area contributed by atoms with Crippen molar-refractivity contribution >= 4 is 0 Å². The fourth-order valence-corrected chi connectivity index (χ4v) is 6.74. The molecule has 3 saturated carbocycles. The van der Waals surface area contributed by atoms with Gasteiger partial charge in [0.05, 0.1) is 6.61 Å². The van der Waals surface area contributed by atoms with Gasteiger partial charge in [-0.1, -0.05) is 20.3 Å². The van der Waals surface area contributed by atoms with Gasteiger partial charge in [0.25, 0.3) is 0 Å². The van der Waals surface area contributed by atoms with Gasteiger partial charge in [-0.15, -0.1) is 0 Å². The van der Waals surface area contributed by atoms with Crippen LogP contribution in [0.2, 0.25) is 0 Å². The first-order valence-electron chi connectivity index (χ1n) is 8.71. The van der Waals surface area contributed by atoms with Crippen LogP contribution in [0.25, 0.3) is 0 Å². The Labute approximate surface area is 118 Å². The van der Waals surface area contributed by atoms with Crippen molar-refractivity contribution < 1.29 is 4.74 Å². The third-order valence-electron chi connectivity index (χ3n) is 7.87. The number of rotatable bonds is 0. The lowest BCUT2D eigenvalue weighted by atomic mass is 9.47. The lowest BCUT2D eigenvalue weighted by Gasteiger charge is -2.59. The Balaban J connectivity index is 1.64. The smallest absolute Gasteiger partial charge is 0.0525 e. The van der Waals surface area contributed by atoms with E-state index in [1.807, 2.05) is 0 Å². The first-order chi connectivity index (χ1) is 9.13. The van der Waals surface area contributed by atoms with E-state index in [1.54, 1.807) is 0 Å². The highest BCUT2D eigenvalue weighted by atomic mass is 16.5. The molecule has 4 aliphatic rings. The van der Waals surface area contributed by atoms with Crippen LogP contribution in [0, 0.1) is 34.5 Å². The third-order valence-corrected chi connectivity index (χ3v) is 7.87. The molecule has 0 radical (unpaired) electrons. The summed E-state index contributed by atoms with van der Waals surface area (Å²) in [6.45, 7) is 7.26. The van der Waals surface area contributed by atoms with E-state index in [0.29, 0.717) is 10.8 Å². The van der Waals surface area contributed by atoms with Gasteiger partial charge in [0.2, 0.25) is 0 Å². The van der Waals surface area contributed by atoms with E-state index in [4.69, 9.17) is 4.74 Å². The number of hydrogen-bond acceptors (Lipinski definition) is 1. The van der Waals surface area contributed by atoms with Gasteiger partial charge in [-0.2, -0.15) is 0 Å². The fourth-order valence-electron chi connectivity index (χ4n) is 6.74. The first kappa shape index (κ1) is 12.7. The molecule has 19 heavy (non-hydrogen) atoms. The van der Waals surface area contributed by atoms with Crippen molar-refractivity contribution in [3.63, 3.8) is 0 Å². The largest absolute Gasteiger partial charge is 0.381 e. The Hall–Kier alpha value is -0.0400. The van der Waals surface area contributed by atoms with Crippen LogP contribution in [0.15, 0.2) is 0 Å². The molecule has 1 heteroatoms. The van der Waals surface area contributed by atoms with Crippen LogP contribution in [0.5, 0.6) is 0 Å². The zero-order valence-corrected chi connectivity index (χ0v) is 12.8. The van der Waals surface area contributed by atoms with Crippen molar-refractivity contribution in [3.05, 3.63) is 0 Å². The van der Waals surface area contributed by atoms with Crippen molar-refractivity contribution in [1.82, 2.24) is 0 Å². The van der Waals surface area contributed by atoms with E-state index in [9.17, 15) is 0 Å².